The molecule has 0 spiro atoms. The van der Waals surface area contributed by atoms with Crippen LogP contribution < -0.4 is 9.47 Å². The van der Waals surface area contributed by atoms with Crippen molar-refractivity contribution < 1.29 is 14.6 Å². The van der Waals surface area contributed by atoms with Gasteiger partial charge in [0.25, 0.3) is 0 Å². The molecule has 0 bridgehead atoms. The molecule has 1 fully saturated rings. The van der Waals surface area contributed by atoms with Crippen molar-refractivity contribution >= 4 is 0 Å². The van der Waals surface area contributed by atoms with E-state index in [1.54, 1.807) is 11.0 Å². The summed E-state index contributed by atoms with van der Waals surface area (Å²) >= 11 is 0. The molecule has 32 heavy (non-hydrogen) atoms. The van der Waals surface area contributed by atoms with Crippen molar-refractivity contribution in [2.24, 2.45) is 11.8 Å². The summed E-state index contributed by atoms with van der Waals surface area (Å²) in [5.41, 5.74) is 3.21. The van der Waals surface area contributed by atoms with Gasteiger partial charge in [0.2, 0.25) is 6.79 Å². The van der Waals surface area contributed by atoms with Gasteiger partial charge in [0, 0.05) is 19.0 Å². The minimum absolute atomic E-state index is 0.0248. The van der Waals surface area contributed by atoms with Gasteiger partial charge < -0.3 is 14.6 Å². The van der Waals surface area contributed by atoms with E-state index in [1.165, 1.54) is 12.7 Å². The van der Waals surface area contributed by atoms with Crippen molar-refractivity contribution in [3.05, 3.63) is 66.2 Å². The van der Waals surface area contributed by atoms with Crippen LogP contribution in [0.3, 0.4) is 0 Å². The minimum Gasteiger partial charge on any atom is -0.454 e. The van der Waals surface area contributed by atoms with Crippen LogP contribution in [-0.2, 0) is 0 Å². The van der Waals surface area contributed by atoms with Crippen LogP contribution in [0, 0.1) is 11.8 Å². The van der Waals surface area contributed by atoms with Gasteiger partial charge in [-0.3, -0.25) is 4.90 Å². The first-order valence-electron chi connectivity index (χ1n) is 11.3. The topological polar surface area (TPSA) is 72.6 Å². The molecule has 2 aromatic carbocycles. The van der Waals surface area contributed by atoms with Crippen LogP contribution in [-0.4, -0.2) is 50.9 Å². The largest absolute Gasteiger partial charge is 0.454 e. The first-order valence-corrected chi connectivity index (χ1v) is 11.3. The summed E-state index contributed by atoms with van der Waals surface area (Å²) in [6.45, 7) is 6.67. The van der Waals surface area contributed by atoms with Crippen LogP contribution in [0.5, 0.6) is 11.5 Å². The Bertz CT molecular complexity index is 1030. The predicted octanol–water partition coefficient (Wildman–Crippen LogP) is 3.81. The maximum Gasteiger partial charge on any atom is 0.231 e. The van der Waals surface area contributed by atoms with Gasteiger partial charge in [0.15, 0.2) is 11.5 Å². The second kappa shape index (κ2) is 8.92. The van der Waals surface area contributed by atoms with Gasteiger partial charge in [-0.05, 0) is 60.1 Å². The predicted molar refractivity (Wildman–Crippen MR) is 121 cm³/mol. The molecule has 4 atom stereocenters. The number of nitrogens with zero attached hydrogens (tertiary/aromatic N) is 4. The molecule has 1 saturated heterocycles. The SMILES string of the molecule is CC1CC(C)CN(C(O)CC(c2ccc(-n3cncn3)cc2)c2ccc3c(c2)OCO3)C1. The van der Waals surface area contributed by atoms with E-state index in [0.29, 0.717) is 18.3 Å². The second-order valence-electron chi connectivity index (χ2n) is 9.21. The number of ether oxygens (including phenoxy) is 2. The Morgan fingerprint density at radius 3 is 2.44 bits per heavy atom. The maximum absolute atomic E-state index is 11.2. The molecule has 7 heteroatoms. The minimum atomic E-state index is -0.509. The summed E-state index contributed by atoms with van der Waals surface area (Å²) in [6.07, 6.45) is 4.54. The average molecular weight is 435 g/mol. The Hall–Kier alpha value is -2.90. The number of fused-ring (bicyclic) bond motifs is 1. The number of hydrogen-bond donors (Lipinski definition) is 1. The maximum atomic E-state index is 11.2. The molecule has 168 valence electrons. The van der Waals surface area contributed by atoms with E-state index >= 15 is 0 Å². The van der Waals surface area contributed by atoms with Crippen molar-refractivity contribution in [3.8, 4) is 17.2 Å². The molecule has 2 aliphatic rings. The lowest BCUT2D eigenvalue weighted by molar-refractivity contribution is -0.0394. The lowest BCUT2D eigenvalue weighted by Crippen LogP contribution is -2.45. The number of piperidine rings is 1. The van der Waals surface area contributed by atoms with Crippen LogP contribution in [0.25, 0.3) is 5.69 Å². The quantitative estimate of drug-likeness (QED) is 0.636. The number of aliphatic hydroxyl groups excluding tert-OH is 1. The van der Waals surface area contributed by atoms with Crippen LogP contribution in [0.4, 0.5) is 0 Å². The van der Waals surface area contributed by atoms with E-state index in [-0.39, 0.29) is 12.7 Å². The zero-order chi connectivity index (χ0) is 22.1. The molecule has 0 aliphatic carbocycles. The van der Waals surface area contributed by atoms with Crippen molar-refractivity contribution in [3.63, 3.8) is 0 Å². The van der Waals surface area contributed by atoms with E-state index in [9.17, 15) is 5.11 Å². The van der Waals surface area contributed by atoms with Gasteiger partial charge in [0.05, 0.1) is 5.69 Å². The standard InChI is InChI=1S/C25H30N4O3/c1-17-9-18(2)13-28(12-17)25(30)11-22(20-5-8-23-24(10-20)32-16-31-23)19-3-6-21(7-4-19)29-15-26-14-27-29/h3-8,10,14-15,17-18,22,25,30H,9,11-13,16H2,1-2H3. The number of benzene rings is 2. The molecular weight excluding hydrogens is 404 g/mol. The summed E-state index contributed by atoms with van der Waals surface area (Å²) < 4.78 is 12.9. The third-order valence-corrected chi connectivity index (χ3v) is 6.54. The summed E-state index contributed by atoms with van der Waals surface area (Å²) in [6, 6.07) is 14.4. The fourth-order valence-corrected chi connectivity index (χ4v) is 5.11. The third-order valence-electron chi connectivity index (χ3n) is 6.54. The van der Waals surface area contributed by atoms with Gasteiger partial charge in [0.1, 0.15) is 18.9 Å². The summed E-state index contributed by atoms with van der Waals surface area (Å²) in [5.74, 6) is 2.75. The average Bonchev–Trinajstić information content (AvgIpc) is 3.48. The number of rotatable bonds is 6. The first kappa shape index (κ1) is 21.0. The molecule has 1 aromatic heterocycles. The van der Waals surface area contributed by atoms with Gasteiger partial charge in [-0.2, -0.15) is 5.10 Å². The van der Waals surface area contributed by atoms with Crippen molar-refractivity contribution in [2.75, 3.05) is 19.9 Å². The lowest BCUT2D eigenvalue weighted by Gasteiger charge is -2.39. The fourth-order valence-electron chi connectivity index (χ4n) is 5.11. The van der Waals surface area contributed by atoms with Gasteiger partial charge in [-0.15, -0.1) is 0 Å². The van der Waals surface area contributed by atoms with Crippen molar-refractivity contribution in [1.82, 2.24) is 19.7 Å². The highest BCUT2D eigenvalue weighted by atomic mass is 16.7. The van der Waals surface area contributed by atoms with E-state index < -0.39 is 6.23 Å². The Morgan fingerprint density at radius 2 is 1.72 bits per heavy atom. The highest BCUT2D eigenvalue weighted by molar-refractivity contribution is 5.48. The zero-order valence-corrected chi connectivity index (χ0v) is 18.6. The molecule has 2 aliphatic heterocycles. The van der Waals surface area contributed by atoms with E-state index in [4.69, 9.17) is 9.47 Å². The normalized spacial score (nSPS) is 22.6. The summed E-state index contributed by atoms with van der Waals surface area (Å²) in [7, 11) is 0. The fraction of sp³-hybridized carbons (Fsp3) is 0.440. The second-order valence-corrected chi connectivity index (χ2v) is 9.21. The molecular formula is C25H30N4O3. The van der Waals surface area contributed by atoms with Crippen molar-refractivity contribution in [1.29, 1.82) is 0 Å². The van der Waals surface area contributed by atoms with Crippen LogP contribution in [0.15, 0.2) is 55.1 Å². The van der Waals surface area contributed by atoms with Crippen LogP contribution >= 0.6 is 0 Å². The number of aromatic nitrogens is 3. The molecule has 3 heterocycles. The molecule has 1 N–H and O–H groups in total. The zero-order valence-electron chi connectivity index (χ0n) is 18.6. The van der Waals surface area contributed by atoms with Gasteiger partial charge in [-0.25, -0.2) is 9.67 Å². The Labute approximate surface area is 188 Å². The molecule has 5 rings (SSSR count). The Kier molecular flexibility index (Phi) is 5.85. The lowest BCUT2D eigenvalue weighted by atomic mass is 9.86. The van der Waals surface area contributed by atoms with Crippen molar-refractivity contribution in [2.45, 2.75) is 38.8 Å². The Morgan fingerprint density at radius 1 is 1.00 bits per heavy atom. The molecule has 0 radical (unpaired) electrons. The van der Waals surface area contributed by atoms with Crippen LogP contribution in [0.2, 0.25) is 0 Å². The molecule has 7 nitrogen and oxygen atoms in total. The van der Waals surface area contributed by atoms with E-state index in [2.05, 4.69) is 47.0 Å². The number of hydrogen-bond acceptors (Lipinski definition) is 6. The van der Waals surface area contributed by atoms with E-state index in [1.807, 2.05) is 24.3 Å². The molecule has 4 unspecified atom stereocenters. The molecule has 3 aromatic rings. The monoisotopic (exact) mass is 434 g/mol. The molecule has 0 amide bonds. The number of aliphatic hydroxyl groups is 1. The van der Waals surface area contributed by atoms with Gasteiger partial charge in [-0.1, -0.05) is 32.0 Å². The summed E-state index contributed by atoms with van der Waals surface area (Å²) in [5, 5.41) is 15.5. The smallest absolute Gasteiger partial charge is 0.231 e. The van der Waals surface area contributed by atoms with E-state index in [0.717, 1.165) is 41.4 Å². The van der Waals surface area contributed by atoms with Crippen LogP contribution in [0.1, 0.15) is 43.7 Å². The highest BCUT2D eigenvalue weighted by Gasteiger charge is 2.29. The molecule has 0 saturated carbocycles. The Balaban J connectivity index is 1.43. The third kappa shape index (κ3) is 4.36. The number of likely N-dealkylation sites (tertiary alicyclic amines) is 1. The highest BCUT2D eigenvalue weighted by Crippen LogP contribution is 2.39. The van der Waals surface area contributed by atoms with Gasteiger partial charge >= 0.3 is 0 Å². The summed E-state index contributed by atoms with van der Waals surface area (Å²) in [4.78, 5) is 6.27. The first-order chi connectivity index (χ1) is 15.6.